The third-order valence-corrected chi connectivity index (χ3v) is 5.94. The minimum atomic E-state index is -3.44. The van der Waals surface area contributed by atoms with Crippen molar-refractivity contribution in [2.24, 2.45) is 0 Å². The predicted molar refractivity (Wildman–Crippen MR) is 95.9 cm³/mol. The third kappa shape index (κ3) is 6.64. The van der Waals surface area contributed by atoms with Crippen LogP contribution in [0.1, 0.15) is 0 Å². The number of anilines is 1. The number of carbonyl (C=O) groups is 1. The lowest BCUT2D eigenvalue weighted by Gasteiger charge is -2.06. The van der Waals surface area contributed by atoms with E-state index < -0.39 is 21.5 Å². The van der Waals surface area contributed by atoms with Crippen LogP contribution in [0.2, 0.25) is 5.02 Å². The van der Waals surface area contributed by atoms with Gasteiger partial charge in [-0.2, -0.15) is 0 Å². The molecular formula is C16H16ClNO3S2. The van der Waals surface area contributed by atoms with Crippen molar-refractivity contribution in [2.45, 2.75) is 4.90 Å². The normalized spacial score (nSPS) is 11.2. The molecule has 1 N–H and O–H groups in total. The van der Waals surface area contributed by atoms with Crippen LogP contribution in [-0.2, 0) is 14.6 Å². The van der Waals surface area contributed by atoms with Gasteiger partial charge >= 0.3 is 0 Å². The van der Waals surface area contributed by atoms with Crippen LogP contribution >= 0.6 is 23.4 Å². The number of hydrogen-bond acceptors (Lipinski definition) is 4. The Kier molecular flexibility index (Phi) is 6.50. The molecule has 0 unspecified atom stereocenters. The minimum Gasteiger partial charge on any atom is -0.325 e. The van der Waals surface area contributed by atoms with E-state index in [1.165, 1.54) is 11.8 Å². The van der Waals surface area contributed by atoms with Crippen molar-refractivity contribution in [3.63, 3.8) is 0 Å². The van der Waals surface area contributed by atoms with Gasteiger partial charge in [0.2, 0.25) is 5.91 Å². The first-order valence-electron chi connectivity index (χ1n) is 6.88. The van der Waals surface area contributed by atoms with Crippen molar-refractivity contribution in [3.05, 3.63) is 59.6 Å². The molecule has 0 fully saturated rings. The molecule has 0 aliphatic heterocycles. The second-order valence-electron chi connectivity index (χ2n) is 4.81. The van der Waals surface area contributed by atoms with Gasteiger partial charge in [-0.1, -0.05) is 29.8 Å². The molecule has 0 aliphatic rings. The predicted octanol–water partition coefficient (Wildman–Crippen LogP) is 3.49. The molecule has 0 atom stereocenters. The highest BCUT2D eigenvalue weighted by Crippen LogP contribution is 2.20. The van der Waals surface area contributed by atoms with E-state index in [-0.39, 0.29) is 5.75 Å². The molecule has 0 radical (unpaired) electrons. The molecule has 2 rings (SSSR count). The van der Waals surface area contributed by atoms with Gasteiger partial charge in [-0.05, 0) is 36.4 Å². The van der Waals surface area contributed by atoms with E-state index in [2.05, 4.69) is 5.32 Å². The fourth-order valence-corrected chi connectivity index (χ4v) is 4.46. The highest BCUT2D eigenvalue weighted by Gasteiger charge is 2.16. The van der Waals surface area contributed by atoms with Crippen LogP contribution in [0.4, 0.5) is 5.69 Å². The Hall–Kier alpha value is -1.50. The fourth-order valence-electron chi connectivity index (χ4n) is 1.81. The van der Waals surface area contributed by atoms with Gasteiger partial charge < -0.3 is 5.32 Å². The van der Waals surface area contributed by atoms with Crippen LogP contribution in [0.3, 0.4) is 0 Å². The van der Waals surface area contributed by atoms with E-state index in [0.29, 0.717) is 16.5 Å². The van der Waals surface area contributed by atoms with E-state index in [9.17, 15) is 13.2 Å². The van der Waals surface area contributed by atoms with Crippen LogP contribution in [0.25, 0.3) is 0 Å². The summed E-state index contributed by atoms with van der Waals surface area (Å²) in [4.78, 5) is 12.7. The van der Waals surface area contributed by atoms with Gasteiger partial charge in [-0.25, -0.2) is 8.42 Å². The molecule has 0 aromatic heterocycles. The summed E-state index contributed by atoms with van der Waals surface area (Å²) in [6, 6.07) is 16.0. The lowest BCUT2D eigenvalue weighted by molar-refractivity contribution is -0.113. The number of para-hydroxylation sites is 1. The number of rotatable bonds is 7. The van der Waals surface area contributed by atoms with Crippen LogP contribution in [0.5, 0.6) is 0 Å². The van der Waals surface area contributed by atoms with Gasteiger partial charge in [0.05, 0.1) is 5.75 Å². The Labute approximate surface area is 145 Å². The van der Waals surface area contributed by atoms with Crippen molar-refractivity contribution < 1.29 is 13.2 Å². The second-order valence-corrected chi connectivity index (χ2v) is 8.60. The fraction of sp³-hybridized carbons (Fsp3) is 0.188. The lowest BCUT2D eigenvalue weighted by atomic mass is 10.3. The third-order valence-electron chi connectivity index (χ3n) is 2.89. The first kappa shape index (κ1) is 17.8. The largest absolute Gasteiger partial charge is 0.325 e. The molecule has 2 aromatic carbocycles. The van der Waals surface area contributed by atoms with E-state index in [0.717, 1.165) is 4.90 Å². The average molecular weight is 370 g/mol. The molecule has 23 heavy (non-hydrogen) atoms. The molecule has 1 amide bonds. The smallest absolute Gasteiger partial charge is 0.239 e. The summed E-state index contributed by atoms with van der Waals surface area (Å²) in [6.07, 6.45) is 0. The average Bonchev–Trinajstić information content (AvgIpc) is 2.49. The number of thioether (sulfide) groups is 1. The molecule has 2 aromatic rings. The van der Waals surface area contributed by atoms with Crippen molar-refractivity contribution in [1.82, 2.24) is 0 Å². The maximum absolute atomic E-state index is 12.0. The molecule has 0 heterocycles. The molecule has 0 bridgehead atoms. The lowest BCUT2D eigenvalue weighted by Crippen LogP contribution is -2.25. The van der Waals surface area contributed by atoms with Crippen LogP contribution in [-0.4, -0.2) is 31.6 Å². The van der Waals surface area contributed by atoms with E-state index in [1.54, 1.807) is 36.4 Å². The zero-order valence-electron chi connectivity index (χ0n) is 12.2. The summed E-state index contributed by atoms with van der Waals surface area (Å²) in [5.41, 5.74) is 0.586. The standard InChI is InChI=1S/C16H16ClNO3S2/c17-13-6-8-15(9-7-13)22-10-11-23(20,21)12-16(19)18-14-4-2-1-3-5-14/h1-9H,10-12H2,(H,18,19). The SMILES string of the molecule is O=C(CS(=O)(=O)CCSc1ccc(Cl)cc1)Nc1ccccc1. The maximum atomic E-state index is 12.0. The van der Waals surface area contributed by atoms with Crippen LogP contribution in [0, 0.1) is 0 Å². The Morgan fingerprint density at radius 1 is 1.04 bits per heavy atom. The second kappa shape index (κ2) is 8.38. The first-order valence-corrected chi connectivity index (χ1v) is 10.1. The number of sulfone groups is 1. The summed E-state index contributed by atoms with van der Waals surface area (Å²) >= 11 is 7.21. The van der Waals surface area contributed by atoms with Gasteiger partial charge in [-0.3, -0.25) is 4.79 Å². The van der Waals surface area contributed by atoms with Crippen molar-refractivity contribution >= 4 is 44.8 Å². The molecule has 0 spiro atoms. The number of benzene rings is 2. The van der Waals surface area contributed by atoms with Crippen LogP contribution < -0.4 is 5.32 Å². The molecule has 0 saturated carbocycles. The van der Waals surface area contributed by atoms with Crippen molar-refractivity contribution in [3.8, 4) is 0 Å². The Morgan fingerprint density at radius 3 is 2.35 bits per heavy atom. The Bertz CT molecular complexity index is 747. The molecule has 0 saturated heterocycles. The van der Waals surface area contributed by atoms with Crippen molar-refractivity contribution in [1.29, 1.82) is 0 Å². The van der Waals surface area contributed by atoms with E-state index in [1.807, 2.05) is 18.2 Å². The van der Waals surface area contributed by atoms with Gasteiger partial charge in [-0.15, -0.1) is 11.8 Å². The molecular weight excluding hydrogens is 354 g/mol. The molecule has 7 heteroatoms. The van der Waals surface area contributed by atoms with Gasteiger partial charge in [0.25, 0.3) is 0 Å². The number of nitrogens with one attached hydrogen (secondary N) is 1. The molecule has 0 aliphatic carbocycles. The summed E-state index contributed by atoms with van der Waals surface area (Å²) < 4.78 is 24.0. The summed E-state index contributed by atoms with van der Waals surface area (Å²) in [7, 11) is -3.44. The Morgan fingerprint density at radius 2 is 1.70 bits per heavy atom. The number of carbonyl (C=O) groups excluding carboxylic acids is 1. The quantitative estimate of drug-likeness (QED) is 0.759. The van der Waals surface area contributed by atoms with Crippen molar-refractivity contribution in [2.75, 3.05) is 22.6 Å². The zero-order chi connectivity index (χ0) is 16.7. The van der Waals surface area contributed by atoms with Crippen LogP contribution in [0.15, 0.2) is 59.5 Å². The highest BCUT2D eigenvalue weighted by atomic mass is 35.5. The van der Waals surface area contributed by atoms with Gasteiger partial charge in [0.15, 0.2) is 9.84 Å². The summed E-state index contributed by atoms with van der Waals surface area (Å²) in [5, 5.41) is 3.21. The first-order chi connectivity index (χ1) is 10.9. The topological polar surface area (TPSA) is 63.2 Å². The van der Waals surface area contributed by atoms with Gasteiger partial charge in [0, 0.05) is 21.4 Å². The molecule has 122 valence electrons. The van der Waals surface area contributed by atoms with E-state index >= 15 is 0 Å². The minimum absolute atomic E-state index is 0.0531. The molecule has 4 nitrogen and oxygen atoms in total. The zero-order valence-corrected chi connectivity index (χ0v) is 14.6. The highest BCUT2D eigenvalue weighted by molar-refractivity contribution is 8.00. The summed E-state index contributed by atoms with van der Waals surface area (Å²) in [6.45, 7) is 0. The van der Waals surface area contributed by atoms with E-state index in [4.69, 9.17) is 11.6 Å². The monoisotopic (exact) mass is 369 g/mol. The summed E-state index contributed by atoms with van der Waals surface area (Å²) in [5.74, 6) is -0.693. The van der Waals surface area contributed by atoms with Gasteiger partial charge in [0.1, 0.15) is 5.75 Å². The Balaban J connectivity index is 1.79. The number of amides is 1. The number of hydrogen-bond donors (Lipinski definition) is 1. The maximum Gasteiger partial charge on any atom is 0.239 e. The number of halogens is 1.